The highest BCUT2D eigenvalue weighted by Crippen LogP contribution is 2.38. The maximum absolute atomic E-state index is 12.2. The van der Waals surface area contributed by atoms with Crippen LogP contribution in [-0.4, -0.2) is 11.6 Å². The van der Waals surface area contributed by atoms with Crippen molar-refractivity contribution in [3.8, 4) is 0 Å². The minimum absolute atomic E-state index is 0.0678. The van der Waals surface area contributed by atoms with E-state index in [2.05, 4.69) is 19.2 Å². The van der Waals surface area contributed by atoms with Crippen LogP contribution in [0.1, 0.15) is 38.7 Å². The molecule has 1 unspecified atom stereocenters. The average Bonchev–Trinajstić information content (AvgIpc) is 2.66. The quantitative estimate of drug-likeness (QED) is 0.788. The Balaban J connectivity index is 1.88. The lowest BCUT2D eigenvalue weighted by Gasteiger charge is -2.28. The predicted molar refractivity (Wildman–Crippen MR) is 76.6 cm³/mol. The molecule has 1 aliphatic rings. The van der Waals surface area contributed by atoms with E-state index in [0.29, 0.717) is 18.0 Å². The molecule has 1 atom stereocenters. The second-order valence-corrected chi connectivity index (χ2v) is 7.14. The summed E-state index contributed by atoms with van der Waals surface area (Å²) in [6.45, 7) is 5.24. The number of thioether (sulfide) groups is 1. The van der Waals surface area contributed by atoms with Gasteiger partial charge in [0.15, 0.2) is 0 Å². The van der Waals surface area contributed by atoms with Crippen molar-refractivity contribution < 1.29 is 13.2 Å². The molecule has 1 nitrogen and oxygen atoms in total. The van der Waals surface area contributed by atoms with E-state index < -0.39 is 5.51 Å². The largest absolute Gasteiger partial charge is 0.446 e. The summed E-state index contributed by atoms with van der Waals surface area (Å²) in [7, 11) is 0. The van der Waals surface area contributed by atoms with Gasteiger partial charge >= 0.3 is 5.51 Å². The predicted octanol–water partition coefficient (Wildman–Crippen LogP) is 4.97. The van der Waals surface area contributed by atoms with Crippen LogP contribution in [-0.2, 0) is 6.54 Å². The molecule has 0 aliphatic heterocycles. The number of benzene rings is 1. The van der Waals surface area contributed by atoms with Gasteiger partial charge in [-0.1, -0.05) is 32.4 Å². The number of nitrogens with one attached hydrogen (secondary N) is 1. The lowest BCUT2D eigenvalue weighted by molar-refractivity contribution is -0.0328. The Morgan fingerprint density at radius 2 is 1.90 bits per heavy atom. The normalized spacial score (nSPS) is 22.1. The molecule has 0 spiro atoms. The van der Waals surface area contributed by atoms with Gasteiger partial charge in [0.25, 0.3) is 0 Å². The van der Waals surface area contributed by atoms with Crippen LogP contribution in [0.25, 0.3) is 0 Å². The summed E-state index contributed by atoms with van der Waals surface area (Å²) in [5, 5.41) is 3.53. The maximum atomic E-state index is 12.2. The van der Waals surface area contributed by atoms with Gasteiger partial charge in [-0.3, -0.25) is 0 Å². The fourth-order valence-electron chi connectivity index (χ4n) is 2.76. The van der Waals surface area contributed by atoms with Crippen molar-refractivity contribution in [2.75, 3.05) is 0 Å². The lowest BCUT2D eigenvalue weighted by Crippen LogP contribution is -2.37. The van der Waals surface area contributed by atoms with Crippen LogP contribution in [0.3, 0.4) is 0 Å². The molecule has 0 radical (unpaired) electrons. The second kappa shape index (κ2) is 5.98. The van der Waals surface area contributed by atoms with E-state index in [4.69, 9.17) is 0 Å². The zero-order valence-corrected chi connectivity index (χ0v) is 12.6. The molecule has 1 N–H and O–H groups in total. The van der Waals surface area contributed by atoms with Crippen molar-refractivity contribution in [1.29, 1.82) is 0 Å². The van der Waals surface area contributed by atoms with Crippen LogP contribution >= 0.6 is 11.8 Å². The Bertz CT molecular complexity index is 439. The Morgan fingerprint density at radius 1 is 1.25 bits per heavy atom. The maximum Gasteiger partial charge on any atom is 0.446 e. The standard InChI is InChI=1S/C15H20F3NS/c1-14(2)9-3-4-13(14)19-10-11-5-7-12(8-6-11)20-15(16,17)18/h5-8,13,19H,3-4,9-10H2,1-2H3. The molecule has 0 saturated heterocycles. The number of hydrogen-bond donors (Lipinski definition) is 1. The molecule has 0 amide bonds. The number of halogens is 3. The van der Waals surface area contributed by atoms with Gasteiger partial charge in [0.1, 0.15) is 0 Å². The summed E-state index contributed by atoms with van der Waals surface area (Å²) in [6.07, 6.45) is 3.65. The summed E-state index contributed by atoms with van der Waals surface area (Å²) in [5.74, 6) is 0. The SMILES string of the molecule is CC1(C)CCCC1NCc1ccc(SC(F)(F)F)cc1. The van der Waals surface area contributed by atoms with Crippen molar-refractivity contribution in [1.82, 2.24) is 5.32 Å². The fourth-order valence-corrected chi connectivity index (χ4v) is 3.29. The fraction of sp³-hybridized carbons (Fsp3) is 0.600. The first-order valence-electron chi connectivity index (χ1n) is 6.84. The molecule has 5 heteroatoms. The number of alkyl halides is 3. The van der Waals surface area contributed by atoms with E-state index in [0.717, 1.165) is 5.56 Å². The van der Waals surface area contributed by atoms with Gasteiger partial charge < -0.3 is 5.32 Å². The van der Waals surface area contributed by atoms with E-state index >= 15 is 0 Å². The molecule has 0 heterocycles. The number of hydrogen-bond acceptors (Lipinski definition) is 2. The van der Waals surface area contributed by atoms with Crippen LogP contribution in [0, 0.1) is 5.41 Å². The van der Waals surface area contributed by atoms with E-state index in [1.54, 1.807) is 12.1 Å². The molecule has 0 bridgehead atoms. The van der Waals surface area contributed by atoms with Gasteiger partial charge in [-0.15, -0.1) is 0 Å². The van der Waals surface area contributed by atoms with E-state index in [1.807, 2.05) is 0 Å². The van der Waals surface area contributed by atoms with Gasteiger partial charge in [-0.05, 0) is 47.7 Å². The highest BCUT2D eigenvalue weighted by Gasteiger charge is 2.33. The Hall–Kier alpha value is -0.680. The van der Waals surface area contributed by atoms with Crippen molar-refractivity contribution >= 4 is 11.8 Å². The first kappa shape index (κ1) is 15.7. The van der Waals surface area contributed by atoms with E-state index in [9.17, 15) is 13.2 Å². The Labute approximate surface area is 122 Å². The van der Waals surface area contributed by atoms with Crippen LogP contribution < -0.4 is 5.32 Å². The van der Waals surface area contributed by atoms with Gasteiger partial charge in [-0.2, -0.15) is 13.2 Å². The molecule has 1 fully saturated rings. The summed E-state index contributed by atoms with van der Waals surface area (Å²) >= 11 is -0.0678. The van der Waals surface area contributed by atoms with Crippen LogP contribution in [0.5, 0.6) is 0 Å². The van der Waals surface area contributed by atoms with Gasteiger partial charge in [-0.25, -0.2) is 0 Å². The molecule has 1 aliphatic carbocycles. The van der Waals surface area contributed by atoms with Gasteiger partial charge in [0.05, 0.1) is 0 Å². The minimum Gasteiger partial charge on any atom is -0.309 e. The zero-order chi connectivity index (χ0) is 14.8. The molecular formula is C15H20F3NS. The Kier molecular flexibility index (Phi) is 4.69. The molecule has 1 saturated carbocycles. The molecule has 20 heavy (non-hydrogen) atoms. The first-order valence-corrected chi connectivity index (χ1v) is 7.66. The monoisotopic (exact) mass is 303 g/mol. The lowest BCUT2D eigenvalue weighted by atomic mass is 9.87. The smallest absolute Gasteiger partial charge is 0.309 e. The third-order valence-corrected chi connectivity index (χ3v) is 4.71. The van der Waals surface area contributed by atoms with Crippen molar-refractivity contribution in [2.45, 2.75) is 56.1 Å². The zero-order valence-electron chi connectivity index (χ0n) is 11.8. The minimum atomic E-state index is -4.21. The summed E-state index contributed by atoms with van der Waals surface area (Å²) in [5.41, 5.74) is -2.88. The third-order valence-electron chi connectivity index (χ3n) is 3.97. The number of rotatable bonds is 4. The third kappa shape index (κ3) is 4.42. The molecular weight excluding hydrogens is 283 g/mol. The highest BCUT2D eigenvalue weighted by molar-refractivity contribution is 8.00. The molecule has 1 aromatic carbocycles. The summed E-state index contributed by atoms with van der Waals surface area (Å²) in [4.78, 5) is 0.238. The van der Waals surface area contributed by atoms with E-state index in [1.165, 1.54) is 31.4 Å². The molecule has 112 valence electrons. The average molecular weight is 303 g/mol. The summed E-state index contributed by atoms with van der Waals surface area (Å²) < 4.78 is 36.7. The van der Waals surface area contributed by atoms with Gasteiger partial charge in [0.2, 0.25) is 0 Å². The molecule has 1 aromatic rings. The van der Waals surface area contributed by atoms with Crippen molar-refractivity contribution in [2.24, 2.45) is 5.41 Å². The van der Waals surface area contributed by atoms with Gasteiger partial charge in [0, 0.05) is 17.5 Å². The highest BCUT2D eigenvalue weighted by atomic mass is 32.2. The summed E-state index contributed by atoms with van der Waals surface area (Å²) in [6, 6.07) is 7.10. The van der Waals surface area contributed by atoms with Crippen LogP contribution in [0.2, 0.25) is 0 Å². The van der Waals surface area contributed by atoms with Crippen molar-refractivity contribution in [3.63, 3.8) is 0 Å². The van der Waals surface area contributed by atoms with Crippen LogP contribution in [0.4, 0.5) is 13.2 Å². The molecule has 2 rings (SSSR count). The first-order chi connectivity index (χ1) is 9.26. The topological polar surface area (TPSA) is 12.0 Å². The Morgan fingerprint density at radius 3 is 2.40 bits per heavy atom. The second-order valence-electron chi connectivity index (χ2n) is 6.01. The van der Waals surface area contributed by atoms with E-state index in [-0.39, 0.29) is 16.7 Å². The van der Waals surface area contributed by atoms with Crippen LogP contribution in [0.15, 0.2) is 29.2 Å². The van der Waals surface area contributed by atoms with Crippen molar-refractivity contribution in [3.05, 3.63) is 29.8 Å². The molecule has 0 aromatic heterocycles.